The van der Waals surface area contributed by atoms with E-state index in [-0.39, 0.29) is 37.6 Å². The first-order chi connectivity index (χ1) is 8.02. The van der Waals surface area contributed by atoms with E-state index in [0.717, 1.165) is 0 Å². The summed E-state index contributed by atoms with van der Waals surface area (Å²) in [6, 6.07) is -0.376. The molecule has 1 rings (SSSR count). The number of hydrogen-bond donors (Lipinski definition) is 2. The zero-order chi connectivity index (χ0) is 13.0. The Hall–Kier alpha value is -1.14. The van der Waals surface area contributed by atoms with E-state index < -0.39 is 11.9 Å². The predicted octanol–water partition coefficient (Wildman–Crippen LogP) is -0.471. The number of aliphatic carboxylic acids is 1. The molecule has 0 saturated carbocycles. The average Bonchev–Trinajstić information content (AvgIpc) is 2.78. The first kappa shape index (κ1) is 13.9. The number of ether oxygens (including phenoxy) is 1. The third-order valence-corrected chi connectivity index (χ3v) is 3.17. The van der Waals surface area contributed by atoms with Gasteiger partial charge in [-0.05, 0) is 6.92 Å². The molecule has 1 amide bonds. The van der Waals surface area contributed by atoms with Gasteiger partial charge < -0.3 is 20.5 Å². The van der Waals surface area contributed by atoms with Gasteiger partial charge in [-0.3, -0.25) is 9.59 Å². The molecule has 1 aliphatic heterocycles. The van der Waals surface area contributed by atoms with Crippen molar-refractivity contribution in [2.24, 2.45) is 17.6 Å². The molecule has 0 aromatic heterocycles. The minimum Gasteiger partial charge on any atom is -0.481 e. The lowest BCUT2D eigenvalue weighted by molar-refractivity contribution is -0.145. The van der Waals surface area contributed by atoms with Crippen LogP contribution in [0.25, 0.3) is 0 Å². The van der Waals surface area contributed by atoms with Crippen LogP contribution in [0.2, 0.25) is 0 Å². The summed E-state index contributed by atoms with van der Waals surface area (Å²) in [5, 5.41) is 9.06. The van der Waals surface area contributed by atoms with Gasteiger partial charge in [0.2, 0.25) is 5.91 Å². The van der Waals surface area contributed by atoms with Crippen LogP contribution in [0.15, 0.2) is 0 Å². The van der Waals surface area contributed by atoms with Crippen LogP contribution in [-0.4, -0.2) is 54.2 Å². The number of carbonyl (C=O) groups is 2. The summed E-state index contributed by atoms with van der Waals surface area (Å²) in [4.78, 5) is 24.7. The molecule has 17 heavy (non-hydrogen) atoms. The van der Waals surface area contributed by atoms with Crippen molar-refractivity contribution in [3.63, 3.8) is 0 Å². The number of nitrogens with zero attached hydrogens (tertiary/aromatic N) is 1. The molecule has 0 spiro atoms. The number of amides is 1. The molecule has 3 unspecified atom stereocenters. The minimum atomic E-state index is -0.917. The summed E-state index contributed by atoms with van der Waals surface area (Å²) in [6.45, 7) is 4.77. The van der Waals surface area contributed by atoms with E-state index in [4.69, 9.17) is 15.6 Å². The van der Waals surface area contributed by atoms with Crippen LogP contribution < -0.4 is 5.73 Å². The van der Waals surface area contributed by atoms with E-state index in [0.29, 0.717) is 6.54 Å². The monoisotopic (exact) mass is 244 g/mol. The van der Waals surface area contributed by atoms with Crippen LogP contribution in [0.5, 0.6) is 0 Å². The highest BCUT2D eigenvalue weighted by molar-refractivity contribution is 5.80. The molecule has 3 N–H and O–H groups in total. The summed E-state index contributed by atoms with van der Waals surface area (Å²) in [5.74, 6) is -1.94. The quantitative estimate of drug-likeness (QED) is 0.682. The largest absolute Gasteiger partial charge is 0.481 e. The fraction of sp³-hybridized carbons (Fsp3) is 0.818. The van der Waals surface area contributed by atoms with Gasteiger partial charge in [-0.25, -0.2) is 0 Å². The molecule has 1 aliphatic rings. The van der Waals surface area contributed by atoms with Crippen molar-refractivity contribution in [2.75, 3.05) is 26.3 Å². The summed E-state index contributed by atoms with van der Waals surface area (Å²) in [7, 11) is 0. The molecule has 1 heterocycles. The first-order valence-electron chi connectivity index (χ1n) is 5.84. The third kappa shape index (κ3) is 2.95. The zero-order valence-corrected chi connectivity index (χ0v) is 10.3. The van der Waals surface area contributed by atoms with Crippen molar-refractivity contribution in [3.05, 3.63) is 0 Å². The molecular weight excluding hydrogens is 224 g/mol. The van der Waals surface area contributed by atoms with Gasteiger partial charge in [0, 0.05) is 19.0 Å². The maximum Gasteiger partial charge on any atom is 0.311 e. The molecule has 3 atom stereocenters. The predicted molar refractivity (Wildman–Crippen MR) is 61.3 cm³/mol. The van der Waals surface area contributed by atoms with Crippen molar-refractivity contribution >= 4 is 11.9 Å². The second-order valence-electron chi connectivity index (χ2n) is 4.31. The Bertz CT molecular complexity index is 295. The van der Waals surface area contributed by atoms with Gasteiger partial charge in [0.25, 0.3) is 0 Å². The van der Waals surface area contributed by atoms with Crippen LogP contribution in [0.4, 0.5) is 0 Å². The molecule has 1 saturated heterocycles. The van der Waals surface area contributed by atoms with Gasteiger partial charge in [-0.1, -0.05) is 6.92 Å². The highest BCUT2D eigenvalue weighted by atomic mass is 16.5. The zero-order valence-electron chi connectivity index (χ0n) is 10.3. The lowest BCUT2D eigenvalue weighted by atomic mass is 10.0. The van der Waals surface area contributed by atoms with Crippen molar-refractivity contribution in [2.45, 2.75) is 19.9 Å². The summed E-state index contributed by atoms with van der Waals surface area (Å²) in [5.41, 5.74) is 5.46. The standard InChI is InChI=1S/C11H20N2O4/c1-3-13(10(14)7(2)4-12)9-6-17-5-8(9)11(15)16/h7-9H,3-6,12H2,1-2H3,(H,15,16). The van der Waals surface area contributed by atoms with Crippen LogP contribution >= 0.6 is 0 Å². The molecule has 1 fully saturated rings. The second kappa shape index (κ2) is 5.97. The fourth-order valence-electron chi connectivity index (χ4n) is 2.02. The van der Waals surface area contributed by atoms with Gasteiger partial charge in [0.15, 0.2) is 0 Å². The number of carboxylic acid groups (broad SMARTS) is 1. The van der Waals surface area contributed by atoms with E-state index in [2.05, 4.69) is 0 Å². The van der Waals surface area contributed by atoms with E-state index in [1.165, 1.54) is 0 Å². The minimum absolute atomic E-state index is 0.100. The summed E-state index contributed by atoms with van der Waals surface area (Å²) in [6.07, 6.45) is 0. The Morgan fingerprint density at radius 2 is 2.18 bits per heavy atom. The van der Waals surface area contributed by atoms with Crippen molar-refractivity contribution in [1.82, 2.24) is 4.90 Å². The molecule has 0 aromatic carbocycles. The number of rotatable bonds is 5. The first-order valence-corrected chi connectivity index (χ1v) is 5.84. The van der Waals surface area contributed by atoms with E-state index in [1.54, 1.807) is 11.8 Å². The van der Waals surface area contributed by atoms with Crippen molar-refractivity contribution < 1.29 is 19.4 Å². The van der Waals surface area contributed by atoms with Gasteiger partial charge in [-0.2, -0.15) is 0 Å². The van der Waals surface area contributed by atoms with Crippen molar-refractivity contribution in [3.8, 4) is 0 Å². The number of hydrogen-bond acceptors (Lipinski definition) is 4. The number of carbonyl (C=O) groups excluding carboxylic acids is 1. The molecule has 0 radical (unpaired) electrons. The number of nitrogens with two attached hydrogens (primary N) is 1. The maximum absolute atomic E-state index is 12.1. The van der Waals surface area contributed by atoms with Gasteiger partial charge in [0.1, 0.15) is 5.92 Å². The summed E-state index contributed by atoms with van der Waals surface area (Å²) < 4.78 is 5.17. The highest BCUT2D eigenvalue weighted by Crippen LogP contribution is 2.21. The van der Waals surface area contributed by atoms with E-state index >= 15 is 0 Å². The molecule has 0 aliphatic carbocycles. The second-order valence-corrected chi connectivity index (χ2v) is 4.31. The Kier molecular flexibility index (Phi) is 4.89. The van der Waals surface area contributed by atoms with Crippen LogP contribution in [0.1, 0.15) is 13.8 Å². The fourth-order valence-corrected chi connectivity index (χ4v) is 2.02. The average molecular weight is 244 g/mol. The van der Waals surface area contributed by atoms with Gasteiger partial charge >= 0.3 is 5.97 Å². The van der Waals surface area contributed by atoms with Crippen LogP contribution in [-0.2, 0) is 14.3 Å². The van der Waals surface area contributed by atoms with Crippen molar-refractivity contribution in [1.29, 1.82) is 0 Å². The molecule has 0 bridgehead atoms. The smallest absolute Gasteiger partial charge is 0.311 e. The SMILES string of the molecule is CCN(C(=O)C(C)CN)C1COCC1C(=O)O. The van der Waals surface area contributed by atoms with Crippen LogP contribution in [0, 0.1) is 11.8 Å². The molecule has 0 aromatic rings. The van der Waals surface area contributed by atoms with E-state index in [9.17, 15) is 9.59 Å². The lowest BCUT2D eigenvalue weighted by Crippen LogP contribution is -2.49. The topological polar surface area (TPSA) is 92.9 Å². The Balaban J connectivity index is 2.79. The Labute approximate surface area is 101 Å². The number of likely N-dealkylation sites (N-methyl/N-ethyl adjacent to an activating group) is 1. The van der Waals surface area contributed by atoms with Gasteiger partial charge in [0.05, 0.1) is 19.3 Å². The van der Waals surface area contributed by atoms with Crippen LogP contribution in [0.3, 0.4) is 0 Å². The number of carboxylic acids is 1. The maximum atomic E-state index is 12.1. The lowest BCUT2D eigenvalue weighted by Gasteiger charge is -2.31. The highest BCUT2D eigenvalue weighted by Gasteiger charge is 2.40. The molecule has 98 valence electrons. The molecule has 6 nitrogen and oxygen atoms in total. The third-order valence-electron chi connectivity index (χ3n) is 3.17. The van der Waals surface area contributed by atoms with Gasteiger partial charge in [-0.15, -0.1) is 0 Å². The van der Waals surface area contributed by atoms with E-state index in [1.807, 2.05) is 6.92 Å². The molecule has 6 heteroatoms. The Morgan fingerprint density at radius 3 is 2.65 bits per heavy atom. The Morgan fingerprint density at radius 1 is 1.53 bits per heavy atom. The normalized spacial score (nSPS) is 25.6. The summed E-state index contributed by atoms with van der Waals surface area (Å²) >= 11 is 0. The molecular formula is C11H20N2O4.